The summed E-state index contributed by atoms with van der Waals surface area (Å²) in [6.07, 6.45) is 0.812. The Morgan fingerprint density at radius 3 is 2.12 bits per heavy atom. The molecule has 0 aromatic carbocycles. The highest BCUT2D eigenvalue weighted by Crippen LogP contribution is 2.03. The molecule has 0 bridgehead atoms. The Kier molecular flexibility index (Phi) is 1.55. The lowest BCUT2D eigenvalue weighted by Gasteiger charge is -2.14. The fourth-order valence-corrected chi connectivity index (χ4v) is 1.28. The molecule has 0 atom stereocenters. The number of rotatable bonds is 0. The second-order valence-electron chi connectivity index (χ2n) is 1.56. The summed E-state index contributed by atoms with van der Waals surface area (Å²) in [4.78, 5) is 0. The summed E-state index contributed by atoms with van der Waals surface area (Å²) in [7, 11) is -2.58. The van der Waals surface area contributed by atoms with Crippen molar-refractivity contribution in [3.8, 4) is 0 Å². The van der Waals surface area contributed by atoms with E-state index in [-0.39, 0.29) is 0 Å². The van der Waals surface area contributed by atoms with Gasteiger partial charge in [0.05, 0.1) is 13.2 Å². The van der Waals surface area contributed by atoms with Gasteiger partial charge < -0.3 is 0 Å². The highest BCUT2D eigenvalue weighted by Gasteiger charge is 2.08. The van der Waals surface area contributed by atoms with Crippen molar-refractivity contribution in [1.82, 2.24) is 0 Å². The molecule has 0 aromatic rings. The first-order valence-corrected chi connectivity index (χ1v) is 3.94. The topological polar surface area (TPSA) is 35.5 Å². The maximum absolute atomic E-state index is 10.7. The molecule has 1 aliphatic rings. The molecule has 0 unspecified atom stereocenters. The second-order valence-corrected chi connectivity index (χ2v) is 3.14. The predicted octanol–water partition coefficient (Wildman–Crippen LogP) is -0.0303. The summed E-state index contributed by atoms with van der Waals surface area (Å²) >= 11 is 0. The molecule has 0 N–H and O–H groups in total. The Morgan fingerprint density at radius 2 is 1.88 bits per heavy atom. The quantitative estimate of drug-likeness (QED) is 0.439. The molecular weight excluding hydrogens is 128 g/mol. The molecular formula is C4H8O3S. The third-order valence-corrected chi connectivity index (χ3v) is 1.87. The summed E-state index contributed by atoms with van der Waals surface area (Å²) in [6.45, 7) is 1.00. The Hall–Kier alpha value is -0.0600. The van der Waals surface area contributed by atoms with Crippen molar-refractivity contribution in [2.45, 2.75) is 6.42 Å². The first-order valence-electron chi connectivity index (χ1n) is 2.37. The molecule has 3 nitrogen and oxygen atoms in total. The molecule has 1 heterocycles. The molecule has 1 rings (SSSR count). The average Bonchev–Trinajstić information content (AvgIpc) is 1.65. The zero-order valence-corrected chi connectivity index (χ0v) is 5.28. The van der Waals surface area contributed by atoms with Crippen LogP contribution in [0.25, 0.3) is 0 Å². The standard InChI is InChI=1S/C4H8O3S/c1-8(5)6-3-2-4-7-8/h1-4H2. The third kappa shape index (κ3) is 1.47. The van der Waals surface area contributed by atoms with Crippen molar-refractivity contribution in [3.05, 3.63) is 0 Å². The van der Waals surface area contributed by atoms with E-state index >= 15 is 0 Å². The van der Waals surface area contributed by atoms with Crippen molar-refractivity contribution < 1.29 is 12.6 Å². The van der Waals surface area contributed by atoms with Gasteiger partial charge >= 0.3 is 0 Å². The number of hydrogen-bond acceptors (Lipinski definition) is 3. The van der Waals surface area contributed by atoms with E-state index in [4.69, 9.17) is 0 Å². The Bertz CT molecular complexity index is 146. The van der Waals surface area contributed by atoms with Crippen LogP contribution in [0.2, 0.25) is 0 Å². The van der Waals surface area contributed by atoms with Crippen molar-refractivity contribution in [3.63, 3.8) is 0 Å². The van der Waals surface area contributed by atoms with Crippen LogP contribution in [0.5, 0.6) is 0 Å². The minimum Gasteiger partial charge on any atom is -0.278 e. The molecule has 0 aliphatic carbocycles. The van der Waals surface area contributed by atoms with Gasteiger partial charge in [-0.05, 0) is 6.42 Å². The van der Waals surface area contributed by atoms with Gasteiger partial charge in [0.25, 0.3) is 0 Å². The Balaban J connectivity index is 2.58. The summed E-state index contributed by atoms with van der Waals surface area (Å²) in [5.74, 6) is 3.21. The average molecular weight is 136 g/mol. The lowest BCUT2D eigenvalue weighted by atomic mass is 10.5. The minimum atomic E-state index is -2.58. The van der Waals surface area contributed by atoms with Crippen molar-refractivity contribution in [1.29, 1.82) is 0 Å². The first-order chi connectivity index (χ1) is 3.71. The largest absolute Gasteiger partial charge is 0.278 e. The van der Waals surface area contributed by atoms with Crippen LogP contribution in [0, 0.1) is 0 Å². The Morgan fingerprint density at radius 1 is 1.38 bits per heavy atom. The lowest BCUT2D eigenvalue weighted by Crippen LogP contribution is -2.18. The van der Waals surface area contributed by atoms with E-state index in [0.717, 1.165) is 6.42 Å². The maximum atomic E-state index is 10.7. The molecule has 4 heteroatoms. The van der Waals surface area contributed by atoms with E-state index in [1.165, 1.54) is 0 Å². The maximum Gasteiger partial charge on any atom is 0.198 e. The van der Waals surface area contributed by atoms with E-state index in [1.807, 2.05) is 0 Å². The van der Waals surface area contributed by atoms with Crippen LogP contribution >= 0.6 is 0 Å². The van der Waals surface area contributed by atoms with Gasteiger partial charge in [-0.25, -0.2) is 4.21 Å². The predicted molar refractivity (Wildman–Crippen MR) is 31.8 cm³/mol. The SMILES string of the molecule is C=S1(=O)OCCCO1. The summed E-state index contributed by atoms with van der Waals surface area (Å²) in [6, 6.07) is 0. The Labute approximate surface area is 49.0 Å². The van der Waals surface area contributed by atoms with Crippen LogP contribution < -0.4 is 0 Å². The highest BCUT2D eigenvalue weighted by molar-refractivity contribution is 7.91. The smallest absolute Gasteiger partial charge is 0.198 e. The summed E-state index contributed by atoms with van der Waals surface area (Å²) in [5, 5.41) is 0. The molecule has 0 saturated carbocycles. The highest BCUT2D eigenvalue weighted by atomic mass is 32.2. The summed E-state index contributed by atoms with van der Waals surface area (Å²) < 4.78 is 20.0. The van der Waals surface area contributed by atoms with E-state index in [1.54, 1.807) is 0 Å². The monoisotopic (exact) mass is 136 g/mol. The van der Waals surface area contributed by atoms with Gasteiger partial charge in [0.2, 0.25) is 0 Å². The van der Waals surface area contributed by atoms with Gasteiger partial charge in [0.1, 0.15) is 0 Å². The molecule has 1 saturated heterocycles. The molecule has 8 heavy (non-hydrogen) atoms. The number of hydrogen-bond donors (Lipinski definition) is 0. The fraction of sp³-hybridized carbons (Fsp3) is 0.750. The normalized spacial score (nSPS) is 27.5. The first kappa shape index (κ1) is 6.07. The van der Waals surface area contributed by atoms with E-state index in [0.29, 0.717) is 13.2 Å². The minimum absolute atomic E-state index is 0.502. The fourth-order valence-electron chi connectivity index (χ4n) is 0.465. The zero-order valence-electron chi connectivity index (χ0n) is 4.46. The van der Waals surface area contributed by atoms with Crippen LogP contribution in [-0.2, 0) is 18.4 Å². The van der Waals surface area contributed by atoms with Gasteiger partial charge in [-0.15, -0.1) is 0 Å². The van der Waals surface area contributed by atoms with E-state index in [9.17, 15) is 4.21 Å². The molecule has 0 amide bonds. The molecule has 48 valence electrons. The third-order valence-electron chi connectivity index (χ3n) is 0.814. The van der Waals surface area contributed by atoms with Gasteiger partial charge in [-0.2, -0.15) is 0 Å². The molecule has 1 aliphatic heterocycles. The van der Waals surface area contributed by atoms with Crippen molar-refractivity contribution in [2.75, 3.05) is 13.2 Å². The zero-order chi connectivity index (χ0) is 6.04. The van der Waals surface area contributed by atoms with Crippen molar-refractivity contribution >= 4 is 16.0 Å². The molecule has 1 fully saturated rings. The van der Waals surface area contributed by atoms with E-state index < -0.39 is 10.1 Å². The van der Waals surface area contributed by atoms with Crippen LogP contribution in [0.4, 0.5) is 0 Å². The lowest BCUT2D eigenvalue weighted by molar-refractivity contribution is 0.182. The van der Waals surface area contributed by atoms with Crippen molar-refractivity contribution in [2.24, 2.45) is 0 Å². The summed E-state index contributed by atoms with van der Waals surface area (Å²) in [5.41, 5.74) is 0. The van der Waals surface area contributed by atoms with Crippen LogP contribution in [0.15, 0.2) is 0 Å². The molecule has 0 radical (unpaired) electrons. The van der Waals surface area contributed by atoms with Gasteiger partial charge in [0.15, 0.2) is 10.1 Å². The van der Waals surface area contributed by atoms with E-state index in [2.05, 4.69) is 14.2 Å². The van der Waals surface area contributed by atoms with Gasteiger partial charge in [-0.1, -0.05) is 0 Å². The van der Waals surface area contributed by atoms with Crippen LogP contribution in [0.3, 0.4) is 0 Å². The second kappa shape index (κ2) is 2.05. The molecule has 0 spiro atoms. The van der Waals surface area contributed by atoms with Crippen LogP contribution in [0.1, 0.15) is 6.42 Å². The molecule has 0 aromatic heterocycles. The van der Waals surface area contributed by atoms with Crippen LogP contribution in [-0.4, -0.2) is 23.3 Å². The van der Waals surface area contributed by atoms with Gasteiger partial charge in [0, 0.05) is 5.87 Å². The van der Waals surface area contributed by atoms with Gasteiger partial charge in [-0.3, -0.25) is 8.37 Å².